The summed E-state index contributed by atoms with van der Waals surface area (Å²) < 4.78 is 0. The van der Waals surface area contributed by atoms with E-state index in [1.54, 1.807) is 0 Å². The first-order valence-electron chi connectivity index (χ1n) is 7.77. The van der Waals surface area contributed by atoms with Crippen molar-refractivity contribution in [2.45, 2.75) is 46.2 Å². The number of hydrogen-bond acceptors (Lipinski definition) is 2. The molecule has 1 fully saturated rings. The Kier molecular flexibility index (Phi) is 5.60. The van der Waals surface area contributed by atoms with Crippen LogP contribution in [0.1, 0.15) is 44.2 Å². The standard InChI is InChI=1S/C17H26N2O/c1-3-14(2)17(20)18-12-15-6-8-16(9-7-15)13-19-10-4-5-11-19/h6-9,14H,3-5,10-13H2,1-2H3,(H,18,20). The summed E-state index contributed by atoms with van der Waals surface area (Å²) in [6, 6.07) is 8.62. The van der Waals surface area contributed by atoms with E-state index in [1.165, 1.54) is 37.1 Å². The van der Waals surface area contributed by atoms with Gasteiger partial charge < -0.3 is 5.32 Å². The van der Waals surface area contributed by atoms with Gasteiger partial charge in [0.15, 0.2) is 0 Å². The molecule has 0 bridgehead atoms. The molecule has 0 aliphatic carbocycles. The molecule has 1 atom stereocenters. The third-order valence-corrected chi connectivity index (χ3v) is 4.15. The quantitative estimate of drug-likeness (QED) is 0.865. The van der Waals surface area contributed by atoms with Crippen molar-refractivity contribution in [3.63, 3.8) is 0 Å². The van der Waals surface area contributed by atoms with Gasteiger partial charge in [0.25, 0.3) is 0 Å². The number of likely N-dealkylation sites (tertiary alicyclic amines) is 1. The second-order valence-corrected chi connectivity index (χ2v) is 5.83. The van der Waals surface area contributed by atoms with Gasteiger partial charge in [-0.3, -0.25) is 9.69 Å². The van der Waals surface area contributed by atoms with Crippen LogP contribution in [0.2, 0.25) is 0 Å². The normalized spacial score (nSPS) is 17.1. The highest BCUT2D eigenvalue weighted by atomic mass is 16.1. The third kappa shape index (κ3) is 4.34. The molecule has 1 amide bonds. The summed E-state index contributed by atoms with van der Waals surface area (Å²) in [5.74, 6) is 0.248. The summed E-state index contributed by atoms with van der Waals surface area (Å²) in [6.45, 7) is 8.15. The number of benzene rings is 1. The molecule has 0 radical (unpaired) electrons. The summed E-state index contributed by atoms with van der Waals surface area (Å²) in [4.78, 5) is 14.2. The van der Waals surface area contributed by atoms with Gasteiger partial charge >= 0.3 is 0 Å². The Morgan fingerprint density at radius 3 is 2.40 bits per heavy atom. The molecule has 1 saturated heterocycles. The van der Waals surface area contributed by atoms with Crippen LogP contribution in [-0.4, -0.2) is 23.9 Å². The van der Waals surface area contributed by atoms with Crippen molar-refractivity contribution in [1.29, 1.82) is 0 Å². The first-order valence-corrected chi connectivity index (χ1v) is 7.77. The Labute approximate surface area is 122 Å². The molecule has 3 heteroatoms. The first kappa shape index (κ1) is 15.0. The van der Waals surface area contributed by atoms with Crippen LogP contribution in [0.5, 0.6) is 0 Å². The van der Waals surface area contributed by atoms with E-state index in [9.17, 15) is 4.79 Å². The summed E-state index contributed by atoms with van der Waals surface area (Å²) in [7, 11) is 0. The number of nitrogens with one attached hydrogen (secondary N) is 1. The molecular weight excluding hydrogens is 248 g/mol. The van der Waals surface area contributed by atoms with Gasteiger partial charge in [-0.15, -0.1) is 0 Å². The molecule has 110 valence electrons. The van der Waals surface area contributed by atoms with Crippen molar-refractivity contribution >= 4 is 5.91 Å². The van der Waals surface area contributed by atoms with E-state index < -0.39 is 0 Å². The van der Waals surface area contributed by atoms with Gasteiger partial charge in [0.05, 0.1) is 0 Å². The second kappa shape index (κ2) is 7.44. The third-order valence-electron chi connectivity index (χ3n) is 4.15. The Bertz CT molecular complexity index is 421. The molecule has 1 heterocycles. The van der Waals surface area contributed by atoms with Crippen LogP contribution < -0.4 is 5.32 Å². The molecule has 2 rings (SSSR count). The maximum atomic E-state index is 11.7. The average Bonchev–Trinajstić information content (AvgIpc) is 2.98. The lowest BCUT2D eigenvalue weighted by Crippen LogP contribution is -2.28. The average molecular weight is 274 g/mol. The minimum absolute atomic E-state index is 0.101. The fraction of sp³-hybridized carbons (Fsp3) is 0.588. The predicted molar refractivity (Wildman–Crippen MR) is 82.3 cm³/mol. The van der Waals surface area contributed by atoms with Crippen LogP contribution in [0.4, 0.5) is 0 Å². The number of carbonyl (C=O) groups excluding carboxylic acids is 1. The fourth-order valence-corrected chi connectivity index (χ4v) is 2.51. The van der Waals surface area contributed by atoms with E-state index in [-0.39, 0.29) is 11.8 Å². The highest BCUT2D eigenvalue weighted by Gasteiger charge is 2.12. The van der Waals surface area contributed by atoms with Crippen molar-refractivity contribution < 1.29 is 4.79 Å². The van der Waals surface area contributed by atoms with Crippen molar-refractivity contribution in [3.8, 4) is 0 Å². The number of hydrogen-bond donors (Lipinski definition) is 1. The zero-order valence-electron chi connectivity index (χ0n) is 12.7. The summed E-state index contributed by atoms with van der Waals surface area (Å²) in [5, 5.41) is 2.99. The van der Waals surface area contributed by atoms with Crippen LogP contribution in [0.15, 0.2) is 24.3 Å². The zero-order chi connectivity index (χ0) is 14.4. The molecule has 1 unspecified atom stereocenters. The van der Waals surface area contributed by atoms with E-state index in [0.29, 0.717) is 6.54 Å². The van der Waals surface area contributed by atoms with Crippen LogP contribution in [0.3, 0.4) is 0 Å². The maximum Gasteiger partial charge on any atom is 0.223 e. The largest absolute Gasteiger partial charge is 0.352 e. The summed E-state index contributed by atoms with van der Waals surface area (Å²) >= 11 is 0. The fourth-order valence-electron chi connectivity index (χ4n) is 2.51. The summed E-state index contributed by atoms with van der Waals surface area (Å²) in [6.07, 6.45) is 3.56. The van der Waals surface area contributed by atoms with Gasteiger partial charge in [0.2, 0.25) is 5.91 Å². The van der Waals surface area contributed by atoms with Gasteiger partial charge in [-0.2, -0.15) is 0 Å². The number of carbonyl (C=O) groups is 1. The number of amides is 1. The minimum Gasteiger partial charge on any atom is -0.352 e. The van der Waals surface area contributed by atoms with Crippen LogP contribution in [-0.2, 0) is 17.9 Å². The van der Waals surface area contributed by atoms with Gasteiger partial charge in [-0.25, -0.2) is 0 Å². The maximum absolute atomic E-state index is 11.7. The van der Waals surface area contributed by atoms with E-state index in [0.717, 1.165) is 13.0 Å². The minimum atomic E-state index is 0.101. The second-order valence-electron chi connectivity index (χ2n) is 5.83. The molecule has 1 aliphatic heterocycles. The Morgan fingerprint density at radius 1 is 1.20 bits per heavy atom. The van der Waals surface area contributed by atoms with E-state index in [1.807, 2.05) is 13.8 Å². The van der Waals surface area contributed by atoms with Gasteiger partial charge in [-0.1, -0.05) is 38.1 Å². The van der Waals surface area contributed by atoms with Gasteiger partial charge in [-0.05, 0) is 43.5 Å². The van der Waals surface area contributed by atoms with Gasteiger partial charge in [0, 0.05) is 19.0 Å². The van der Waals surface area contributed by atoms with Crippen LogP contribution >= 0.6 is 0 Å². The molecule has 20 heavy (non-hydrogen) atoms. The predicted octanol–water partition coefficient (Wildman–Crippen LogP) is 2.94. The number of nitrogens with zero attached hydrogens (tertiary/aromatic N) is 1. The highest BCUT2D eigenvalue weighted by Crippen LogP contribution is 2.13. The Hall–Kier alpha value is -1.35. The molecule has 1 aromatic carbocycles. The Balaban J connectivity index is 1.80. The lowest BCUT2D eigenvalue weighted by atomic mass is 10.1. The molecule has 0 spiro atoms. The molecule has 1 aromatic rings. The van der Waals surface area contributed by atoms with E-state index >= 15 is 0 Å². The summed E-state index contributed by atoms with van der Waals surface area (Å²) in [5.41, 5.74) is 2.54. The lowest BCUT2D eigenvalue weighted by molar-refractivity contribution is -0.124. The van der Waals surface area contributed by atoms with Crippen LogP contribution in [0.25, 0.3) is 0 Å². The van der Waals surface area contributed by atoms with Crippen molar-refractivity contribution in [1.82, 2.24) is 10.2 Å². The topological polar surface area (TPSA) is 32.3 Å². The highest BCUT2D eigenvalue weighted by molar-refractivity contribution is 5.78. The molecule has 1 aliphatic rings. The molecular formula is C17H26N2O. The Morgan fingerprint density at radius 2 is 1.80 bits per heavy atom. The zero-order valence-corrected chi connectivity index (χ0v) is 12.7. The van der Waals surface area contributed by atoms with E-state index in [2.05, 4.69) is 34.5 Å². The molecule has 0 saturated carbocycles. The van der Waals surface area contributed by atoms with Crippen molar-refractivity contribution in [2.24, 2.45) is 5.92 Å². The lowest BCUT2D eigenvalue weighted by Gasteiger charge is -2.15. The monoisotopic (exact) mass is 274 g/mol. The molecule has 3 nitrogen and oxygen atoms in total. The van der Waals surface area contributed by atoms with E-state index in [4.69, 9.17) is 0 Å². The van der Waals surface area contributed by atoms with Gasteiger partial charge in [0.1, 0.15) is 0 Å². The van der Waals surface area contributed by atoms with Crippen molar-refractivity contribution in [3.05, 3.63) is 35.4 Å². The SMILES string of the molecule is CCC(C)C(=O)NCc1ccc(CN2CCCC2)cc1. The van der Waals surface area contributed by atoms with Crippen LogP contribution in [0, 0.1) is 5.92 Å². The number of rotatable bonds is 6. The molecule has 1 N–H and O–H groups in total. The smallest absolute Gasteiger partial charge is 0.223 e. The molecule has 0 aromatic heterocycles. The first-order chi connectivity index (χ1) is 9.69. The van der Waals surface area contributed by atoms with Crippen molar-refractivity contribution in [2.75, 3.05) is 13.1 Å².